The van der Waals surface area contributed by atoms with Crippen LogP contribution < -0.4 is 0 Å². The Labute approximate surface area is 357 Å². The molecule has 0 saturated carbocycles. The molecule has 0 aromatic rings. The Hall–Kier alpha value is -3.15. The van der Waals surface area contributed by atoms with Gasteiger partial charge in [0.1, 0.15) is 13.2 Å². The van der Waals surface area contributed by atoms with E-state index >= 15 is 0 Å². The van der Waals surface area contributed by atoms with Crippen molar-refractivity contribution < 1.29 is 28.6 Å². The van der Waals surface area contributed by atoms with Crippen LogP contribution in [0.1, 0.15) is 220 Å². The first-order valence-electron chi connectivity index (χ1n) is 24.0. The summed E-state index contributed by atoms with van der Waals surface area (Å²) in [6.45, 7) is 6.39. The SMILES string of the molecule is CC/C=C\C/C=C\C/C=C\CCCCC(=O)OC(COC(=O)CCCCC/C=C\C=C/CCCC)COC(=O)CCCCCCCCC/C=C\CCCCCCCC. The van der Waals surface area contributed by atoms with E-state index < -0.39 is 6.10 Å². The van der Waals surface area contributed by atoms with Gasteiger partial charge in [-0.25, -0.2) is 0 Å². The van der Waals surface area contributed by atoms with Crippen LogP contribution in [0.4, 0.5) is 0 Å². The van der Waals surface area contributed by atoms with Gasteiger partial charge < -0.3 is 14.2 Å². The van der Waals surface area contributed by atoms with Crippen LogP contribution >= 0.6 is 0 Å². The van der Waals surface area contributed by atoms with E-state index in [4.69, 9.17) is 14.2 Å². The fourth-order valence-electron chi connectivity index (χ4n) is 6.31. The molecule has 0 aromatic heterocycles. The zero-order valence-electron chi connectivity index (χ0n) is 37.8. The third-order valence-corrected chi connectivity index (χ3v) is 9.94. The minimum atomic E-state index is -0.805. The maximum Gasteiger partial charge on any atom is 0.306 e. The lowest BCUT2D eigenvalue weighted by Gasteiger charge is -2.18. The molecule has 6 heteroatoms. The maximum absolute atomic E-state index is 12.7. The number of esters is 3. The Kier molecular flexibility index (Phi) is 44.0. The molecule has 58 heavy (non-hydrogen) atoms. The first-order chi connectivity index (χ1) is 28.5. The molecule has 0 aromatic carbocycles. The second-order valence-corrected chi connectivity index (χ2v) is 15.7. The number of hydrogen-bond acceptors (Lipinski definition) is 6. The molecule has 0 heterocycles. The lowest BCUT2D eigenvalue weighted by Crippen LogP contribution is -2.30. The summed E-state index contributed by atoms with van der Waals surface area (Å²) in [6.07, 6.45) is 57.5. The van der Waals surface area contributed by atoms with Gasteiger partial charge in [0, 0.05) is 19.3 Å². The topological polar surface area (TPSA) is 78.9 Å². The monoisotopic (exact) mass is 809 g/mol. The Morgan fingerprint density at radius 1 is 0.379 bits per heavy atom. The first-order valence-corrected chi connectivity index (χ1v) is 24.0. The quantitative estimate of drug-likeness (QED) is 0.0201. The third-order valence-electron chi connectivity index (χ3n) is 9.94. The summed E-state index contributed by atoms with van der Waals surface area (Å²) in [4.78, 5) is 37.8. The average molecular weight is 809 g/mol. The Balaban J connectivity index is 4.43. The molecule has 0 aliphatic carbocycles. The van der Waals surface area contributed by atoms with Gasteiger partial charge in [0.25, 0.3) is 0 Å². The second kappa shape index (κ2) is 46.5. The van der Waals surface area contributed by atoms with Crippen molar-refractivity contribution in [2.24, 2.45) is 0 Å². The molecule has 0 saturated heterocycles. The van der Waals surface area contributed by atoms with E-state index in [1.807, 2.05) is 0 Å². The first kappa shape index (κ1) is 54.9. The van der Waals surface area contributed by atoms with Gasteiger partial charge in [-0.2, -0.15) is 0 Å². The summed E-state index contributed by atoms with van der Waals surface area (Å²) in [5.41, 5.74) is 0. The number of allylic oxidation sites excluding steroid dienone is 12. The lowest BCUT2D eigenvalue weighted by atomic mass is 10.1. The Morgan fingerprint density at radius 3 is 1.28 bits per heavy atom. The molecule has 0 aliphatic heterocycles. The molecule has 1 atom stereocenters. The van der Waals surface area contributed by atoms with Crippen molar-refractivity contribution in [3.63, 3.8) is 0 Å². The van der Waals surface area contributed by atoms with E-state index in [1.165, 1.54) is 89.9 Å². The van der Waals surface area contributed by atoms with Crippen molar-refractivity contribution in [2.75, 3.05) is 13.2 Å². The third kappa shape index (κ3) is 44.0. The van der Waals surface area contributed by atoms with Crippen LogP contribution in [0.2, 0.25) is 0 Å². The predicted octanol–water partition coefficient (Wildman–Crippen LogP) is 15.5. The van der Waals surface area contributed by atoms with Crippen LogP contribution in [-0.2, 0) is 28.6 Å². The number of carbonyl (C=O) groups is 3. The molecule has 1 unspecified atom stereocenters. The van der Waals surface area contributed by atoms with E-state index in [9.17, 15) is 14.4 Å². The van der Waals surface area contributed by atoms with Gasteiger partial charge in [-0.1, -0.05) is 177 Å². The predicted molar refractivity (Wildman–Crippen MR) is 247 cm³/mol. The highest BCUT2D eigenvalue weighted by Gasteiger charge is 2.19. The summed E-state index contributed by atoms with van der Waals surface area (Å²) in [6, 6.07) is 0. The van der Waals surface area contributed by atoms with Crippen LogP contribution in [0.3, 0.4) is 0 Å². The minimum Gasteiger partial charge on any atom is -0.462 e. The van der Waals surface area contributed by atoms with Crippen molar-refractivity contribution >= 4 is 17.9 Å². The standard InChI is InChI=1S/C52H88O6/c1-4-7-10-13-16-19-22-24-25-26-27-28-31-33-36-39-42-45-51(54)57-48-49(47-56-50(53)44-41-38-35-32-29-21-18-15-12-9-6-3)58-52(55)46-43-40-37-34-30-23-20-17-14-11-8-5-2/h8,11,15,17-18,20-21,24-25,29-30,34,49H,4-7,9-10,12-14,16,19,22-23,26-28,31-33,35-48H2,1-3H3/b11-8-,18-15-,20-17-,25-24-,29-21-,34-30-. The van der Waals surface area contributed by atoms with Crippen LogP contribution in [0, 0.1) is 0 Å². The van der Waals surface area contributed by atoms with E-state index in [0.717, 1.165) is 83.5 Å². The molecular formula is C52H88O6. The second-order valence-electron chi connectivity index (χ2n) is 15.7. The molecule has 0 radical (unpaired) electrons. The van der Waals surface area contributed by atoms with Crippen molar-refractivity contribution in [1.82, 2.24) is 0 Å². The minimum absolute atomic E-state index is 0.102. The number of carbonyl (C=O) groups excluding carboxylic acids is 3. The number of ether oxygens (including phenoxy) is 3. The summed E-state index contributed by atoms with van der Waals surface area (Å²) < 4.78 is 16.7. The molecule has 0 fully saturated rings. The van der Waals surface area contributed by atoms with Crippen LogP contribution in [0.25, 0.3) is 0 Å². The van der Waals surface area contributed by atoms with E-state index in [-0.39, 0.29) is 37.5 Å². The zero-order valence-corrected chi connectivity index (χ0v) is 37.8. The number of rotatable bonds is 42. The van der Waals surface area contributed by atoms with Crippen molar-refractivity contribution in [3.8, 4) is 0 Å². The van der Waals surface area contributed by atoms with E-state index in [0.29, 0.717) is 19.3 Å². The van der Waals surface area contributed by atoms with Crippen molar-refractivity contribution in [1.29, 1.82) is 0 Å². The Bertz CT molecular complexity index is 1110. The van der Waals surface area contributed by atoms with E-state index in [1.54, 1.807) is 0 Å². The molecule has 0 rings (SSSR count). The number of hydrogen-bond donors (Lipinski definition) is 0. The van der Waals surface area contributed by atoms with Crippen molar-refractivity contribution in [3.05, 3.63) is 72.9 Å². The van der Waals surface area contributed by atoms with Gasteiger partial charge in [-0.15, -0.1) is 0 Å². The van der Waals surface area contributed by atoms with Crippen LogP contribution in [0.15, 0.2) is 72.9 Å². The highest BCUT2D eigenvalue weighted by Crippen LogP contribution is 2.13. The molecule has 0 spiro atoms. The summed E-state index contributed by atoms with van der Waals surface area (Å²) >= 11 is 0. The lowest BCUT2D eigenvalue weighted by molar-refractivity contribution is -0.167. The molecule has 0 aliphatic rings. The van der Waals surface area contributed by atoms with Crippen molar-refractivity contribution in [2.45, 2.75) is 226 Å². The Morgan fingerprint density at radius 2 is 0.741 bits per heavy atom. The molecule has 6 nitrogen and oxygen atoms in total. The summed E-state index contributed by atoms with van der Waals surface area (Å²) in [5, 5.41) is 0. The van der Waals surface area contributed by atoms with Gasteiger partial charge in [-0.05, 0) is 96.3 Å². The number of unbranched alkanes of at least 4 members (excludes halogenated alkanes) is 20. The van der Waals surface area contributed by atoms with Crippen LogP contribution in [0.5, 0.6) is 0 Å². The largest absolute Gasteiger partial charge is 0.462 e. The highest BCUT2D eigenvalue weighted by molar-refractivity contribution is 5.71. The summed E-state index contributed by atoms with van der Waals surface area (Å²) in [5.74, 6) is -0.980. The average Bonchev–Trinajstić information content (AvgIpc) is 3.22. The molecule has 0 N–H and O–H groups in total. The van der Waals surface area contributed by atoms with Gasteiger partial charge in [0.15, 0.2) is 6.10 Å². The summed E-state index contributed by atoms with van der Waals surface area (Å²) in [7, 11) is 0. The van der Waals surface area contributed by atoms with Gasteiger partial charge in [-0.3, -0.25) is 14.4 Å². The van der Waals surface area contributed by atoms with E-state index in [2.05, 4.69) is 93.7 Å². The maximum atomic E-state index is 12.7. The normalized spacial score (nSPS) is 12.7. The molecule has 0 bridgehead atoms. The van der Waals surface area contributed by atoms with Crippen LogP contribution in [-0.4, -0.2) is 37.2 Å². The molecule has 0 amide bonds. The fraction of sp³-hybridized carbons (Fsp3) is 0.712. The van der Waals surface area contributed by atoms with Gasteiger partial charge in [0.2, 0.25) is 0 Å². The molecular weight excluding hydrogens is 721 g/mol. The smallest absolute Gasteiger partial charge is 0.306 e. The highest BCUT2D eigenvalue weighted by atomic mass is 16.6. The fourth-order valence-corrected chi connectivity index (χ4v) is 6.31. The van der Waals surface area contributed by atoms with Gasteiger partial charge >= 0.3 is 17.9 Å². The van der Waals surface area contributed by atoms with Gasteiger partial charge in [0.05, 0.1) is 0 Å². The molecule has 332 valence electrons. The zero-order chi connectivity index (χ0) is 42.3.